The van der Waals surface area contributed by atoms with Gasteiger partial charge in [0.05, 0.1) is 18.4 Å². The van der Waals surface area contributed by atoms with Crippen LogP contribution in [0, 0.1) is 0 Å². The van der Waals surface area contributed by atoms with E-state index in [-0.39, 0.29) is 18.1 Å². The number of hydrogen-bond donors (Lipinski definition) is 2. The van der Waals surface area contributed by atoms with Crippen molar-refractivity contribution in [2.24, 2.45) is 0 Å². The van der Waals surface area contributed by atoms with Crippen LogP contribution in [0.4, 0.5) is 10.6 Å². The monoisotopic (exact) mass is 510 g/mol. The lowest BCUT2D eigenvalue weighted by atomic mass is 10.1. The number of imidazole rings is 1. The number of rotatable bonds is 7. The highest BCUT2D eigenvalue weighted by molar-refractivity contribution is 6.28. The first-order valence-corrected chi connectivity index (χ1v) is 12.4. The van der Waals surface area contributed by atoms with E-state index in [1.807, 2.05) is 11.8 Å². The van der Waals surface area contributed by atoms with Gasteiger partial charge in [-0.15, -0.1) is 0 Å². The zero-order valence-corrected chi connectivity index (χ0v) is 21.9. The van der Waals surface area contributed by atoms with E-state index in [4.69, 9.17) is 16.3 Å². The summed E-state index contributed by atoms with van der Waals surface area (Å²) in [4.78, 5) is 41.8. The molecule has 0 aromatic carbocycles. The standard InChI is InChI=1S/C23H35ClN6O5/c1-7-10-28(9-3)19-16-20(27-21(24)26-19)29(12-25-16)13-11-14(18(33)17(13)32)30(15(31)8-2)22(34)35-23(4,5)6/h12-14,17-18,32-33H,7-11H2,1-6H3/t13-,14+,17+,18-/m1/s1. The maximum Gasteiger partial charge on any atom is 0.417 e. The van der Waals surface area contributed by atoms with Gasteiger partial charge in [-0.1, -0.05) is 13.8 Å². The second-order valence-electron chi connectivity index (χ2n) is 9.67. The minimum atomic E-state index is -1.38. The molecule has 2 aromatic rings. The number of halogens is 1. The summed E-state index contributed by atoms with van der Waals surface area (Å²) in [7, 11) is 0. The van der Waals surface area contributed by atoms with Crippen LogP contribution in [-0.4, -0.2) is 83.6 Å². The normalized spacial score (nSPS) is 22.4. The molecule has 2 N–H and O–H groups in total. The van der Waals surface area contributed by atoms with Crippen molar-refractivity contribution < 1.29 is 24.5 Å². The Kier molecular flexibility index (Phi) is 8.23. The van der Waals surface area contributed by atoms with Gasteiger partial charge in [0.1, 0.15) is 17.8 Å². The van der Waals surface area contributed by atoms with Gasteiger partial charge < -0.3 is 24.4 Å². The van der Waals surface area contributed by atoms with Crippen molar-refractivity contribution in [1.82, 2.24) is 24.4 Å². The van der Waals surface area contributed by atoms with Gasteiger partial charge in [0.15, 0.2) is 17.0 Å². The van der Waals surface area contributed by atoms with E-state index < -0.39 is 41.9 Å². The first-order chi connectivity index (χ1) is 16.4. The molecule has 2 heterocycles. The van der Waals surface area contributed by atoms with Gasteiger partial charge in [0.2, 0.25) is 11.2 Å². The molecule has 1 fully saturated rings. The average Bonchev–Trinajstić information content (AvgIpc) is 3.31. The number of carbonyl (C=O) groups is 2. The molecule has 0 saturated heterocycles. The number of ether oxygens (including phenoxy) is 1. The van der Waals surface area contributed by atoms with Crippen LogP contribution in [0.2, 0.25) is 5.28 Å². The minimum Gasteiger partial charge on any atom is -0.443 e. The molecule has 3 rings (SSSR count). The second-order valence-corrected chi connectivity index (χ2v) is 10.0. The molecule has 11 nitrogen and oxygen atoms in total. The summed E-state index contributed by atoms with van der Waals surface area (Å²) in [6, 6.07) is -1.70. The quantitative estimate of drug-likeness (QED) is 0.539. The van der Waals surface area contributed by atoms with Crippen molar-refractivity contribution in [2.75, 3.05) is 18.0 Å². The molecular formula is C23H35ClN6O5. The molecule has 12 heteroatoms. The fourth-order valence-electron chi connectivity index (χ4n) is 4.44. The lowest BCUT2D eigenvalue weighted by molar-refractivity contribution is -0.134. The predicted molar refractivity (Wildman–Crippen MR) is 131 cm³/mol. The molecule has 35 heavy (non-hydrogen) atoms. The highest BCUT2D eigenvalue weighted by Crippen LogP contribution is 2.37. The van der Waals surface area contributed by atoms with Gasteiger partial charge in [-0.2, -0.15) is 9.97 Å². The summed E-state index contributed by atoms with van der Waals surface area (Å²) in [5.41, 5.74) is 0.0831. The highest BCUT2D eigenvalue weighted by atomic mass is 35.5. The van der Waals surface area contributed by atoms with Crippen LogP contribution in [0.3, 0.4) is 0 Å². The van der Waals surface area contributed by atoms with E-state index in [2.05, 4.69) is 21.9 Å². The van der Waals surface area contributed by atoms with Gasteiger partial charge >= 0.3 is 6.09 Å². The molecule has 4 atom stereocenters. The van der Waals surface area contributed by atoms with Crippen molar-refractivity contribution in [1.29, 1.82) is 0 Å². The van der Waals surface area contributed by atoms with Crippen LogP contribution in [0.25, 0.3) is 11.2 Å². The first-order valence-electron chi connectivity index (χ1n) is 12.0. The first kappa shape index (κ1) is 27.1. The fraction of sp³-hybridized carbons (Fsp3) is 0.696. The number of carbonyl (C=O) groups excluding carboxylic acids is 2. The second kappa shape index (κ2) is 10.6. The van der Waals surface area contributed by atoms with Crippen molar-refractivity contribution in [3.8, 4) is 0 Å². The van der Waals surface area contributed by atoms with Crippen LogP contribution in [-0.2, 0) is 9.53 Å². The van der Waals surface area contributed by atoms with Crippen molar-refractivity contribution in [2.45, 2.75) is 90.7 Å². The van der Waals surface area contributed by atoms with Crippen LogP contribution < -0.4 is 4.90 Å². The Labute approximate surface area is 210 Å². The number of aliphatic hydroxyl groups is 2. The number of imide groups is 1. The van der Waals surface area contributed by atoms with Crippen LogP contribution in [0.15, 0.2) is 6.33 Å². The van der Waals surface area contributed by atoms with Gasteiger partial charge in [0.25, 0.3) is 0 Å². The van der Waals surface area contributed by atoms with Crippen LogP contribution >= 0.6 is 11.6 Å². The van der Waals surface area contributed by atoms with E-state index in [0.29, 0.717) is 23.5 Å². The largest absolute Gasteiger partial charge is 0.443 e. The van der Waals surface area contributed by atoms with E-state index in [1.165, 1.54) is 6.33 Å². The van der Waals surface area contributed by atoms with E-state index in [1.54, 1.807) is 32.3 Å². The Hall–Kier alpha value is -2.50. The molecule has 0 unspecified atom stereocenters. The smallest absolute Gasteiger partial charge is 0.417 e. The molecule has 1 aliphatic carbocycles. The van der Waals surface area contributed by atoms with Crippen molar-refractivity contribution in [3.63, 3.8) is 0 Å². The number of hydrogen-bond acceptors (Lipinski definition) is 9. The Morgan fingerprint density at radius 2 is 1.89 bits per heavy atom. The third-order valence-electron chi connectivity index (χ3n) is 6.02. The third-order valence-corrected chi connectivity index (χ3v) is 6.19. The minimum absolute atomic E-state index is 0.0323. The lowest BCUT2D eigenvalue weighted by Crippen LogP contribution is -2.51. The molecule has 0 bridgehead atoms. The van der Waals surface area contributed by atoms with Crippen molar-refractivity contribution in [3.05, 3.63) is 11.6 Å². The van der Waals surface area contributed by atoms with Gasteiger partial charge in [-0.3, -0.25) is 4.79 Å². The summed E-state index contributed by atoms with van der Waals surface area (Å²) < 4.78 is 7.05. The summed E-state index contributed by atoms with van der Waals surface area (Å²) in [5, 5.41) is 21.9. The third kappa shape index (κ3) is 5.52. The number of anilines is 1. The van der Waals surface area contributed by atoms with Crippen LogP contribution in [0.5, 0.6) is 0 Å². The fourth-order valence-corrected chi connectivity index (χ4v) is 4.60. The molecule has 194 valence electrons. The molecular weight excluding hydrogens is 476 g/mol. The molecule has 0 radical (unpaired) electrons. The predicted octanol–water partition coefficient (Wildman–Crippen LogP) is 2.92. The van der Waals surface area contributed by atoms with Gasteiger partial charge in [0, 0.05) is 19.5 Å². The van der Waals surface area contributed by atoms with E-state index in [9.17, 15) is 19.8 Å². The highest BCUT2D eigenvalue weighted by Gasteiger charge is 2.49. The summed E-state index contributed by atoms with van der Waals surface area (Å²) >= 11 is 6.25. The number of fused-ring (bicyclic) bond motifs is 1. The SMILES string of the molecule is CCCN(CC)c1nc(Cl)nc2c1ncn2[C@@H]1C[C@H](N(C(=O)CC)C(=O)OC(C)(C)C)[C@@H](O)[C@H]1O. The Morgan fingerprint density at radius 1 is 1.20 bits per heavy atom. The molecule has 1 aliphatic rings. The number of nitrogens with zero attached hydrogens (tertiary/aromatic N) is 6. The van der Waals surface area contributed by atoms with E-state index in [0.717, 1.165) is 17.9 Å². The van der Waals surface area contributed by atoms with Gasteiger partial charge in [-0.05, 0) is 52.1 Å². The zero-order chi connectivity index (χ0) is 26.1. The Bertz CT molecular complexity index is 1070. The average molecular weight is 511 g/mol. The van der Waals surface area contributed by atoms with Crippen LogP contribution in [0.1, 0.15) is 66.8 Å². The number of aliphatic hydroxyl groups excluding tert-OH is 2. The Morgan fingerprint density at radius 3 is 2.46 bits per heavy atom. The molecule has 1 saturated carbocycles. The zero-order valence-electron chi connectivity index (χ0n) is 21.1. The Balaban J connectivity index is 2.01. The summed E-state index contributed by atoms with van der Waals surface area (Å²) in [5.74, 6) is 0.0849. The molecule has 0 aliphatic heterocycles. The van der Waals surface area contributed by atoms with E-state index >= 15 is 0 Å². The summed E-state index contributed by atoms with van der Waals surface area (Å²) in [6.45, 7) is 12.2. The van der Waals surface area contributed by atoms with Crippen molar-refractivity contribution >= 4 is 40.6 Å². The molecule has 0 spiro atoms. The number of aromatic nitrogens is 4. The maximum atomic E-state index is 12.9. The van der Waals surface area contributed by atoms with Gasteiger partial charge in [-0.25, -0.2) is 14.7 Å². The summed E-state index contributed by atoms with van der Waals surface area (Å²) in [6.07, 6.45) is -0.995. The molecule has 2 amide bonds. The molecule has 2 aromatic heterocycles. The topological polar surface area (TPSA) is 134 Å². The number of amides is 2. The maximum absolute atomic E-state index is 12.9. The lowest BCUT2D eigenvalue weighted by Gasteiger charge is -2.31.